The number of isocyanates is 2. The van der Waals surface area contributed by atoms with Crippen LogP contribution in [0.5, 0.6) is 0 Å². The van der Waals surface area contributed by atoms with Gasteiger partial charge >= 0.3 is 11.9 Å². The van der Waals surface area contributed by atoms with Crippen LogP contribution in [-0.4, -0.2) is 56.2 Å². The molecule has 0 N–H and O–H groups in total. The zero-order valence-corrected chi connectivity index (χ0v) is 14.2. The average molecular weight is 352 g/mol. The number of esters is 2. The quantitative estimate of drug-likeness (QED) is 0.187. The molecule has 0 spiro atoms. The number of aliphatic imine (C=N–C) groups is 2. The van der Waals surface area contributed by atoms with Crippen molar-refractivity contribution in [2.75, 3.05) is 26.3 Å². The van der Waals surface area contributed by atoms with Gasteiger partial charge in [-0.2, -0.15) is 4.99 Å². The Bertz CT molecular complexity index is 598. The molecule has 0 aromatic heterocycles. The highest BCUT2D eigenvalue weighted by Gasteiger charge is 2.05. The highest BCUT2D eigenvalue weighted by atomic mass is 16.5. The van der Waals surface area contributed by atoms with Gasteiger partial charge in [0.2, 0.25) is 12.2 Å². The van der Waals surface area contributed by atoms with Gasteiger partial charge in [0.25, 0.3) is 0 Å². The molecule has 0 aromatic carbocycles. The Balaban J connectivity index is 0. The monoisotopic (exact) mass is 352 g/mol. The number of hydrogen-bond acceptors (Lipinski definition) is 9. The molecule has 0 bridgehead atoms. The Kier molecular flexibility index (Phi) is 15.2. The van der Waals surface area contributed by atoms with Gasteiger partial charge in [-0.05, 0) is 13.8 Å². The highest BCUT2D eigenvalue weighted by Crippen LogP contribution is 1.94. The molecule has 0 aliphatic carbocycles. The van der Waals surface area contributed by atoms with Crippen molar-refractivity contribution in [1.29, 1.82) is 0 Å². The zero-order valence-electron chi connectivity index (χ0n) is 14.2. The van der Waals surface area contributed by atoms with Crippen molar-refractivity contribution in [2.24, 2.45) is 9.98 Å². The summed E-state index contributed by atoms with van der Waals surface area (Å²) in [5, 5.41) is 0. The fourth-order valence-electron chi connectivity index (χ4n) is 0.933. The normalized spacial score (nSPS) is 8.40. The van der Waals surface area contributed by atoms with Gasteiger partial charge in [-0.1, -0.05) is 13.2 Å². The molecular weight excluding hydrogens is 332 g/mol. The molecule has 0 saturated carbocycles. The fourth-order valence-corrected chi connectivity index (χ4v) is 0.933. The van der Waals surface area contributed by atoms with E-state index in [9.17, 15) is 24.0 Å². The molecule has 0 heterocycles. The summed E-state index contributed by atoms with van der Waals surface area (Å²) in [5.74, 6) is -1.27. The van der Waals surface area contributed by atoms with Crippen LogP contribution in [0, 0.1) is 0 Å². The van der Waals surface area contributed by atoms with Gasteiger partial charge in [0.15, 0.2) is 5.78 Å². The van der Waals surface area contributed by atoms with Crippen molar-refractivity contribution in [2.45, 2.75) is 20.3 Å². The summed E-state index contributed by atoms with van der Waals surface area (Å²) in [5.41, 5.74) is 0.614. The maximum absolute atomic E-state index is 10.9. The first kappa shape index (κ1) is 24.1. The molecule has 0 aliphatic rings. The van der Waals surface area contributed by atoms with Crippen molar-refractivity contribution in [3.8, 4) is 0 Å². The molecule has 0 atom stereocenters. The summed E-state index contributed by atoms with van der Waals surface area (Å²) in [6.45, 7) is 9.83. The standard InChI is InChI=1S/C9H11NO4.C7H9NO3/c1-7(2)9(13)14-4-3-8(12)5-10-6-11;1-6(2)7(10)11-4-3-8-5-9/h1,3-5H2,2H3;1,3-4H2,2H3. The van der Waals surface area contributed by atoms with Crippen molar-refractivity contribution in [3.63, 3.8) is 0 Å². The first-order chi connectivity index (χ1) is 11.8. The lowest BCUT2D eigenvalue weighted by Crippen LogP contribution is -2.11. The number of ketones is 1. The van der Waals surface area contributed by atoms with E-state index in [2.05, 4.69) is 32.6 Å². The molecule has 25 heavy (non-hydrogen) atoms. The van der Waals surface area contributed by atoms with Gasteiger partial charge in [0.1, 0.15) is 13.2 Å². The molecular formula is C16H20N2O7. The zero-order chi connectivity index (χ0) is 19.7. The summed E-state index contributed by atoms with van der Waals surface area (Å²) < 4.78 is 9.25. The van der Waals surface area contributed by atoms with E-state index in [1.807, 2.05) is 0 Å². The van der Waals surface area contributed by atoms with Crippen molar-refractivity contribution in [3.05, 3.63) is 24.3 Å². The first-order valence-corrected chi connectivity index (χ1v) is 7.00. The maximum Gasteiger partial charge on any atom is 0.333 e. The summed E-state index contributed by atoms with van der Waals surface area (Å²) in [4.78, 5) is 57.8. The molecule has 9 heteroatoms. The van der Waals surface area contributed by atoms with E-state index in [0.717, 1.165) is 0 Å². The number of Topliss-reactive ketones (excluding diaryl/α,β-unsaturated/α-hetero) is 1. The van der Waals surface area contributed by atoms with Crippen LogP contribution in [0.3, 0.4) is 0 Å². The number of carbonyl (C=O) groups is 3. The van der Waals surface area contributed by atoms with Crippen molar-refractivity contribution < 1.29 is 33.4 Å². The lowest BCUT2D eigenvalue weighted by molar-refractivity contribution is -0.140. The predicted octanol–water partition coefficient (Wildman–Crippen LogP) is 0.842. The molecule has 0 aliphatic heterocycles. The summed E-state index contributed by atoms with van der Waals surface area (Å²) in [7, 11) is 0. The predicted molar refractivity (Wildman–Crippen MR) is 87.1 cm³/mol. The van der Waals surface area contributed by atoms with E-state index in [0.29, 0.717) is 5.57 Å². The molecule has 0 saturated heterocycles. The number of rotatable bonds is 10. The van der Waals surface area contributed by atoms with E-state index in [1.165, 1.54) is 19.1 Å². The minimum atomic E-state index is -0.531. The number of nitrogens with zero attached hydrogens (tertiary/aromatic N) is 2. The third-order valence-corrected chi connectivity index (χ3v) is 2.13. The Morgan fingerprint density at radius 1 is 0.880 bits per heavy atom. The van der Waals surface area contributed by atoms with E-state index in [4.69, 9.17) is 0 Å². The van der Waals surface area contributed by atoms with Gasteiger partial charge in [-0.25, -0.2) is 24.2 Å². The van der Waals surface area contributed by atoms with Crippen LogP contribution in [0.25, 0.3) is 0 Å². The molecule has 136 valence electrons. The SMILES string of the molecule is C=C(C)C(=O)OCCC(=O)CN=C=O.C=C(C)C(=O)OCCN=C=O. The van der Waals surface area contributed by atoms with Gasteiger partial charge in [-0.15, -0.1) is 0 Å². The molecule has 0 amide bonds. The summed E-state index contributed by atoms with van der Waals surface area (Å²) in [6.07, 6.45) is 2.63. The third kappa shape index (κ3) is 17.0. The van der Waals surface area contributed by atoms with Crippen LogP contribution in [0.2, 0.25) is 0 Å². The first-order valence-electron chi connectivity index (χ1n) is 7.00. The Hall–Kier alpha value is -3.15. The molecule has 0 unspecified atom stereocenters. The van der Waals surface area contributed by atoms with E-state index >= 15 is 0 Å². The molecule has 9 nitrogen and oxygen atoms in total. The maximum atomic E-state index is 10.9. The Labute approximate surface area is 145 Å². The van der Waals surface area contributed by atoms with Crippen molar-refractivity contribution >= 4 is 29.9 Å². The topological polar surface area (TPSA) is 129 Å². The summed E-state index contributed by atoms with van der Waals surface area (Å²) in [6, 6.07) is 0. The lowest BCUT2D eigenvalue weighted by Gasteiger charge is -2.01. The van der Waals surface area contributed by atoms with Gasteiger partial charge < -0.3 is 9.47 Å². The van der Waals surface area contributed by atoms with Gasteiger partial charge in [0, 0.05) is 17.6 Å². The van der Waals surface area contributed by atoms with Gasteiger partial charge in [0.05, 0.1) is 13.2 Å². The van der Waals surface area contributed by atoms with Gasteiger partial charge in [-0.3, -0.25) is 4.79 Å². The molecule has 0 aromatic rings. The fraction of sp³-hybridized carbons (Fsp3) is 0.438. The van der Waals surface area contributed by atoms with Crippen LogP contribution in [0.15, 0.2) is 34.3 Å². The van der Waals surface area contributed by atoms with Crippen LogP contribution in [-0.2, 0) is 33.4 Å². The molecule has 0 radical (unpaired) electrons. The number of carbonyl (C=O) groups excluding carboxylic acids is 5. The molecule has 0 rings (SSSR count). The Morgan fingerprint density at radius 3 is 1.80 bits per heavy atom. The largest absolute Gasteiger partial charge is 0.462 e. The third-order valence-electron chi connectivity index (χ3n) is 2.13. The van der Waals surface area contributed by atoms with Crippen molar-refractivity contribution in [1.82, 2.24) is 0 Å². The number of hydrogen-bond donors (Lipinski definition) is 0. The second-order valence-corrected chi connectivity index (χ2v) is 4.50. The second-order valence-electron chi connectivity index (χ2n) is 4.50. The van der Waals surface area contributed by atoms with Crippen LogP contribution >= 0.6 is 0 Å². The molecule has 0 fully saturated rings. The van der Waals surface area contributed by atoms with Crippen LogP contribution < -0.4 is 0 Å². The van der Waals surface area contributed by atoms with E-state index < -0.39 is 11.9 Å². The minimum absolute atomic E-state index is 0.0150. The lowest BCUT2D eigenvalue weighted by atomic mass is 10.3. The van der Waals surface area contributed by atoms with Crippen LogP contribution in [0.1, 0.15) is 20.3 Å². The minimum Gasteiger partial charge on any atom is -0.462 e. The second kappa shape index (κ2) is 15.7. The highest BCUT2D eigenvalue weighted by molar-refractivity contribution is 5.87. The van der Waals surface area contributed by atoms with E-state index in [-0.39, 0.29) is 44.1 Å². The van der Waals surface area contributed by atoms with Crippen LogP contribution in [0.4, 0.5) is 0 Å². The van der Waals surface area contributed by atoms with E-state index in [1.54, 1.807) is 6.92 Å². The Morgan fingerprint density at radius 2 is 1.36 bits per heavy atom. The number of ether oxygens (including phenoxy) is 2. The smallest absolute Gasteiger partial charge is 0.333 e. The summed E-state index contributed by atoms with van der Waals surface area (Å²) >= 11 is 0. The average Bonchev–Trinajstić information content (AvgIpc) is 2.56.